The van der Waals surface area contributed by atoms with Crippen molar-refractivity contribution in [1.29, 1.82) is 0 Å². The fraction of sp³-hybridized carbons (Fsp3) is 0.231. The summed E-state index contributed by atoms with van der Waals surface area (Å²) < 4.78 is 10.5. The van der Waals surface area contributed by atoms with Gasteiger partial charge in [0.05, 0.1) is 19.9 Å². The number of rotatable bonds is 10. The van der Waals surface area contributed by atoms with Crippen LogP contribution in [0, 0.1) is 6.92 Å². The van der Waals surface area contributed by atoms with Crippen LogP contribution in [-0.4, -0.2) is 31.8 Å². The first kappa shape index (κ1) is 24.2. The molecule has 0 heterocycles. The Labute approximate surface area is 198 Å². The SMILES string of the molecule is COc1ccc(OC)c(NC(=O)c2ccc(NC(=O)CCCSc3ccc(C)cc3)cc2)c1. The number of anilines is 2. The van der Waals surface area contributed by atoms with Crippen LogP contribution in [0.5, 0.6) is 11.5 Å². The number of ether oxygens (including phenoxy) is 2. The van der Waals surface area contributed by atoms with Crippen LogP contribution >= 0.6 is 11.8 Å². The van der Waals surface area contributed by atoms with Gasteiger partial charge < -0.3 is 20.1 Å². The number of carbonyl (C=O) groups excluding carboxylic acids is 2. The van der Waals surface area contributed by atoms with Crippen LogP contribution in [0.4, 0.5) is 11.4 Å². The Morgan fingerprint density at radius 2 is 1.61 bits per heavy atom. The fourth-order valence-corrected chi connectivity index (χ4v) is 3.94. The number of carbonyl (C=O) groups is 2. The molecular formula is C26H28N2O4S. The Morgan fingerprint density at radius 3 is 2.27 bits per heavy atom. The molecule has 2 N–H and O–H groups in total. The molecule has 33 heavy (non-hydrogen) atoms. The summed E-state index contributed by atoms with van der Waals surface area (Å²) in [5.41, 5.74) is 2.87. The van der Waals surface area contributed by atoms with E-state index in [0.717, 1.165) is 12.2 Å². The first-order chi connectivity index (χ1) is 16.0. The first-order valence-electron chi connectivity index (χ1n) is 10.6. The summed E-state index contributed by atoms with van der Waals surface area (Å²) >= 11 is 1.75. The minimum absolute atomic E-state index is 0.0437. The van der Waals surface area contributed by atoms with Gasteiger partial charge in [0.1, 0.15) is 11.5 Å². The second-order valence-electron chi connectivity index (χ2n) is 7.41. The number of nitrogens with one attached hydrogen (secondary N) is 2. The van der Waals surface area contributed by atoms with Crippen LogP contribution in [0.25, 0.3) is 0 Å². The van der Waals surface area contributed by atoms with Crippen molar-refractivity contribution in [2.24, 2.45) is 0 Å². The highest BCUT2D eigenvalue weighted by Gasteiger charge is 2.11. The van der Waals surface area contributed by atoms with Crippen molar-refractivity contribution in [3.63, 3.8) is 0 Å². The molecule has 0 spiro atoms. The summed E-state index contributed by atoms with van der Waals surface area (Å²) in [7, 11) is 3.10. The van der Waals surface area contributed by atoms with Crippen LogP contribution in [0.3, 0.4) is 0 Å². The fourth-order valence-electron chi connectivity index (χ4n) is 3.09. The highest BCUT2D eigenvalue weighted by Crippen LogP contribution is 2.29. The van der Waals surface area contributed by atoms with Gasteiger partial charge in [0.25, 0.3) is 5.91 Å². The quantitative estimate of drug-likeness (QED) is 0.294. The Bertz CT molecular complexity index is 1080. The third-order valence-corrected chi connectivity index (χ3v) is 6.02. The number of thioether (sulfide) groups is 1. The molecule has 0 aliphatic heterocycles. The summed E-state index contributed by atoms with van der Waals surface area (Å²) in [6.45, 7) is 2.07. The number of amides is 2. The third kappa shape index (κ3) is 7.29. The molecule has 0 radical (unpaired) electrons. The number of methoxy groups -OCH3 is 2. The second kappa shape index (κ2) is 12.0. The van der Waals surface area contributed by atoms with E-state index in [9.17, 15) is 9.59 Å². The molecule has 3 rings (SSSR count). The smallest absolute Gasteiger partial charge is 0.255 e. The van der Waals surface area contributed by atoms with E-state index in [1.54, 1.807) is 61.3 Å². The van der Waals surface area contributed by atoms with E-state index < -0.39 is 0 Å². The lowest BCUT2D eigenvalue weighted by molar-refractivity contribution is -0.116. The maximum Gasteiger partial charge on any atom is 0.255 e. The monoisotopic (exact) mass is 464 g/mol. The van der Waals surface area contributed by atoms with E-state index in [1.165, 1.54) is 17.6 Å². The van der Waals surface area contributed by atoms with Gasteiger partial charge >= 0.3 is 0 Å². The molecule has 0 saturated carbocycles. The molecule has 0 aliphatic carbocycles. The van der Waals surface area contributed by atoms with E-state index in [4.69, 9.17) is 9.47 Å². The summed E-state index contributed by atoms with van der Waals surface area (Å²) in [6.07, 6.45) is 1.23. The van der Waals surface area contributed by atoms with Crippen molar-refractivity contribution in [1.82, 2.24) is 0 Å². The average molecular weight is 465 g/mol. The van der Waals surface area contributed by atoms with Crippen molar-refractivity contribution in [2.75, 3.05) is 30.6 Å². The number of benzene rings is 3. The van der Waals surface area contributed by atoms with Crippen molar-refractivity contribution in [3.8, 4) is 11.5 Å². The Balaban J connectivity index is 1.47. The predicted octanol–water partition coefficient (Wildman–Crippen LogP) is 5.78. The Morgan fingerprint density at radius 1 is 0.879 bits per heavy atom. The van der Waals surface area contributed by atoms with E-state index in [1.807, 2.05) is 0 Å². The first-order valence-corrected chi connectivity index (χ1v) is 11.6. The van der Waals surface area contributed by atoms with Crippen molar-refractivity contribution in [3.05, 3.63) is 77.9 Å². The molecular weight excluding hydrogens is 436 g/mol. The molecule has 3 aromatic carbocycles. The maximum absolute atomic E-state index is 12.6. The van der Waals surface area contributed by atoms with Gasteiger partial charge in [-0.25, -0.2) is 0 Å². The largest absolute Gasteiger partial charge is 0.497 e. The Kier molecular flexibility index (Phi) is 8.78. The Hall–Kier alpha value is -3.45. The van der Waals surface area contributed by atoms with E-state index in [0.29, 0.717) is 34.9 Å². The van der Waals surface area contributed by atoms with E-state index in [-0.39, 0.29) is 11.8 Å². The minimum atomic E-state index is -0.285. The summed E-state index contributed by atoms with van der Waals surface area (Å²) in [6, 6.07) is 20.3. The lowest BCUT2D eigenvalue weighted by Gasteiger charge is -2.12. The zero-order chi connectivity index (χ0) is 23.6. The normalized spacial score (nSPS) is 10.4. The van der Waals surface area contributed by atoms with Gasteiger partial charge in [-0.1, -0.05) is 17.7 Å². The molecule has 7 heteroatoms. The molecule has 0 fully saturated rings. The lowest BCUT2D eigenvalue weighted by Crippen LogP contribution is -2.14. The van der Waals surface area contributed by atoms with Crippen molar-refractivity contribution in [2.45, 2.75) is 24.7 Å². The minimum Gasteiger partial charge on any atom is -0.497 e. The summed E-state index contributed by atoms with van der Waals surface area (Å²) in [4.78, 5) is 26.1. The standard InChI is InChI=1S/C26H28N2O4S/c1-18-6-13-22(14-7-18)33-16-4-5-25(29)27-20-10-8-19(9-11-20)26(30)28-23-17-21(31-2)12-15-24(23)32-3/h6-15,17H,4-5,16H2,1-3H3,(H,27,29)(H,28,30). The van der Waals surface area contributed by atoms with Crippen LogP contribution < -0.4 is 20.1 Å². The van der Waals surface area contributed by atoms with Crippen LogP contribution in [0.15, 0.2) is 71.6 Å². The lowest BCUT2D eigenvalue weighted by atomic mass is 10.1. The highest BCUT2D eigenvalue weighted by molar-refractivity contribution is 7.99. The molecule has 0 atom stereocenters. The van der Waals surface area contributed by atoms with E-state index >= 15 is 0 Å². The molecule has 0 bridgehead atoms. The average Bonchev–Trinajstić information content (AvgIpc) is 2.83. The van der Waals surface area contributed by atoms with Crippen molar-refractivity contribution < 1.29 is 19.1 Å². The molecule has 6 nitrogen and oxygen atoms in total. The van der Waals surface area contributed by atoms with Gasteiger partial charge in [0.2, 0.25) is 5.91 Å². The van der Waals surface area contributed by atoms with Gasteiger partial charge in [0.15, 0.2) is 0 Å². The zero-order valence-electron chi connectivity index (χ0n) is 19.0. The summed E-state index contributed by atoms with van der Waals surface area (Å²) in [5.74, 6) is 1.70. The van der Waals surface area contributed by atoms with Crippen LogP contribution in [0.1, 0.15) is 28.8 Å². The van der Waals surface area contributed by atoms with Gasteiger partial charge in [-0.2, -0.15) is 0 Å². The number of hydrogen-bond acceptors (Lipinski definition) is 5. The molecule has 0 saturated heterocycles. The molecule has 172 valence electrons. The summed E-state index contributed by atoms with van der Waals surface area (Å²) in [5, 5.41) is 5.71. The highest BCUT2D eigenvalue weighted by atomic mass is 32.2. The molecule has 0 unspecified atom stereocenters. The molecule has 0 aliphatic rings. The van der Waals surface area contributed by atoms with E-state index in [2.05, 4.69) is 41.8 Å². The second-order valence-corrected chi connectivity index (χ2v) is 8.58. The van der Waals surface area contributed by atoms with Gasteiger partial charge in [0, 0.05) is 28.6 Å². The topological polar surface area (TPSA) is 76.7 Å². The van der Waals surface area contributed by atoms with Gasteiger partial charge in [-0.3, -0.25) is 9.59 Å². The van der Waals surface area contributed by atoms with Crippen LogP contribution in [-0.2, 0) is 4.79 Å². The maximum atomic E-state index is 12.6. The van der Waals surface area contributed by atoms with Gasteiger partial charge in [-0.05, 0) is 67.6 Å². The zero-order valence-corrected chi connectivity index (χ0v) is 19.8. The van der Waals surface area contributed by atoms with Gasteiger partial charge in [-0.15, -0.1) is 11.8 Å². The molecule has 3 aromatic rings. The number of aryl methyl sites for hydroxylation is 1. The van der Waals surface area contributed by atoms with Crippen LogP contribution in [0.2, 0.25) is 0 Å². The number of hydrogen-bond donors (Lipinski definition) is 2. The molecule has 2 amide bonds. The molecule has 0 aromatic heterocycles. The predicted molar refractivity (Wildman–Crippen MR) is 134 cm³/mol. The van der Waals surface area contributed by atoms with Crippen molar-refractivity contribution >= 4 is 35.0 Å². The third-order valence-electron chi connectivity index (χ3n) is 4.92.